The molecule has 0 radical (unpaired) electrons. The Balaban J connectivity index is 2.00. The zero-order chi connectivity index (χ0) is 17.3. The van der Waals surface area contributed by atoms with Crippen molar-refractivity contribution >= 4 is 22.8 Å². The van der Waals surface area contributed by atoms with Gasteiger partial charge in [0.05, 0.1) is 22.3 Å². The fraction of sp³-hybridized carbons (Fsp3) is 0.684. The van der Waals surface area contributed by atoms with Crippen LogP contribution < -0.4 is 0 Å². The van der Waals surface area contributed by atoms with Crippen molar-refractivity contribution < 1.29 is 4.74 Å². The highest BCUT2D eigenvalue weighted by Crippen LogP contribution is 2.31. The van der Waals surface area contributed by atoms with E-state index in [-0.39, 0.29) is 5.41 Å². The van der Waals surface area contributed by atoms with E-state index in [9.17, 15) is 0 Å². The highest BCUT2D eigenvalue weighted by Gasteiger charge is 2.25. The van der Waals surface area contributed by atoms with E-state index in [0.717, 1.165) is 49.0 Å². The smallest absolute Gasteiger partial charge is 0.115 e. The first-order chi connectivity index (χ1) is 11.3. The second-order valence-corrected chi connectivity index (χ2v) is 9.63. The third kappa shape index (κ3) is 3.94. The quantitative estimate of drug-likeness (QED) is 0.754. The minimum absolute atomic E-state index is 0.0234. The van der Waals surface area contributed by atoms with Gasteiger partial charge in [0, 0.05) is 30.4 Å². The maximum atomic E-state index is 5.52. The number of hydrogen-bond donors (Lipinski definition) is 0. The number of ether oxygens (including phenoxy) is 1. The Labute approximate surface area is 149 Å². The van der Waals surface area contributed by atoms with Crippen molar-refractivity contribution in [3.63, 3.8) is 0 Å². The first kappa shape index (κ1) is 17.7. The summed E-state index contributed by atoms with van der Waals surface area (Å²) in [5.41, 5.74) is 2.26. The largest absolute Gasteiger partial charge is 0.381 e. The number of imidazole rings is 1. The molecule has 1 aliphatic heterocycles. The molecule has 1 fully saturated rings. The van der Waals surface area contributed by atoms with Crippen LogP contribution in [0.4, 0.5) is 0 Å². The first-order valence-electron chi connectivity index (χ1n) is 8.96. The lowest BCUT2D eigenvalue weighted by atomic mass is 9.94. The summed E-state index contributed by atoms with van der Waals surface area (Å²) in [5, 5.41) is 1.59. The van der Waals surface area contributed by atoms with Crippen LogP contribution in [-0.2, 0) is 16.7 Å². The minimum Gasteiger partial charge on any atom is -0.381 e. The molecule has 5 heteroatoms. The summed E-state index contributed by atoms with van der Waals surface area (Å²) in [4.78, 5) is 9.67. The Morgan fingerprint density at radius 2 is 2.00 bits per heavy atom. The van der Waals surface area contributed by atoms with Crippen molar-refractivity contribution in [2.24, 2.45) is 5.92 Å². The van der Waals surface area contributed by atoms with E-state index in [2.05, 4.69) is 50.2 Å². The van der Waals surface area contributed by atoms with Gasteiger partial charge in [-0.05, 0) is 24.8 Å². The maximum Gasteiger partial charge on any atom is 0.115 e. The number of fused-ring (bicyclic) bond motifs is 1. The third-order valence-electron chi connectivity index (χ3n) is 4.42. The normalized spacial score (nSPS) is 17.1. The molecule has 3 rings (SSSR count). The molecule has 2 aromatic rings. The van der Waals surface area contributed by atoms with Gasteiger partial charge in [-0.1, -0.05) is 34.6 Å². The van der Waals surface area contributed by atoms with Crippen LogP contribution in [0.25, 0.3) is 11.0 Å². The van der Waals surface area contributed by atoms with Gasteiger partial charge in [-0.2, -0.15) is 0 Å². The predicted molar refractivity (Wildman–Crippen MR) is 101 cm³/mol. The van der Waals surface area contributed by atoms with Crippen molar-refractivity contribution in [1.29, 1.82) is 0 Å². The highest BCUT2D eigenvalue weighted by molar-refractivity contribution is 7.99. The molecule has 0 aliphatic carbocycles. The molecule has 2 aromatic heterocycles. The molecule has 24 heavy (non-hydrogen) atoms. The lowest BCUT2D eigenvalue weighted by Gasteiger charge is -2.26. The van der Waals surface area contributed by atoms with Gasteiger partial charge in [-0.15, -0.1) is 11.8 Å². The topological polar surface area (TPSA) is 39.9 Å². The summed E-state index contributed by atoms with van der Waals surface area (Å²) < 4.78 is 7.92. The average Bonchev–Trinajstić information content (AvgIpc) is 2.86. The minimum atomic E-state index is 0.0234. The van der Waals surface area contributed by atoms with Crippen LogP contribution in [0, 0.1) is 5.92 Å². The molecular formula is C19H29N3OS. The molecule has 3 heterocycles. The summed E-state index contributed by atoms with van der Waals surface area (Å²) in [7, 11) is 0. The summed E-state index contributed by atoms with van der Waals surface area (Å²) in [6.07, 6.45) is 4.29. The molecule has 0 saturated carbocycles. The van der Waals surface area contributed by atoms with E-state index in [1.807, 2.05) is 6.20 Å². The fourth-order valence-electron chi connectivity index (χ4n) is 3.26. The average molecular weight is 348 g/mol. The Hall–Kier alpha value is -1.07. The van der Waals surface area contributed by atoms with Crippen molar-refractivity contribution in [1.82, 2.24) is 14.5 Å². The molecule has 0 unspecified atom stereocenters. The number of rotatable bonds is 4. The molecule has 1 saturated heterocycles. The van der Waals surface area contributed by atoms with Crippen LogP contribution in [0.2, 0.25) is 0 Å². The van der Waals surface area contributed by atoms with Crippen molar-refractivity contribution in [3.8, 4) is 0 Å². The molecule has 0 bridgehead atoms. The number of hydrogen-bond acceptors (Lipinski definition) is 4. The molecule has 0 N–H and O–H groups in total. The van der Waals surface area contributed by atoms with Gasteiger partial charge in [0.2, 0.25) is 0 Å². The molecule has 1 aliphatic rings. The Morgan fingerprint density at radius 3 is 2.62 bits per heavy atom. The summed E-state index contributed by atoms with van der Waals surface area (Å²) in [5.74, 6) is 1.83. The summed E-state index contributed by atoms with van der Waals surface area (Å²) >= 11 is 1.79. The molecule has 0 amide bonds. The van der Waals surface area contributed by atoms with Crippen LogP contribution in [0.3, 0.4) is 0 Å². The second-order valence-electron chi connectivity index (χ2n) is 8.03. The number of nitrogens with zero attached hydrogens (tertiary/aromatic N) is 3. The molecule has 0 aromatic carbocycles. The molecular weight excluding hydrogens is 318 g/mol. The van der Waals surface area contributed by atoms with E-state index >= 15 is 0 Å². The molecule has 0 spiro atoms. The number of thioether (sulfide) groups is 1. The second kappa shape index (κ2) is 7.04. The third-order valence-corrected chi connectivity index (χ3v) is 5.35. The van der Waals surface area contributed by atoms with Crippen molar-refractivity contribution in [2.45, 2.75) is 69.7 Å². The molecule has 4 nitrogen and oxygen atoms in total. The van der Waals surface area contributed by atoms with Gasteiger partial charge in [-0.25, -0.2) is 9.97 Å². The zero-order valence-corrected chi connectivity index (χ0v) is 16.3. The number of pyridine rings is 1. The van der Waals surface area contributed by atoms with Gasteiger partial charge >= 0.3 is 0 Å². The molecule has 0 atom stereocenters. The van der Waals surface area contributed by atoms with E-state index in [1.165, 1.54) is 5.52 Å². The van der Waals surface area contributed by atoms with Gasteiger partial charge in [0.25, 0.3) is 0 Å². The predicted octanol–water partition coefficient (Wildman–Crippen LogP) is 4.66. The Morgan fingerprint density at radius 1 is 1.29 bits per heavy atom. The van der Waals surface area contributed by atoms with Crippen LogP contribution in [0.1, 0.15) is 53.3 Å². The van der Waals surface area contributed by atoms with Crippen LogP contribution in [0.5, 0.6) is 0 Å². The maximum absolute atomic E-state index is 5.52. The fourth-order valence-corrected chi connectivity index (χ4v) is 4.03. The highest BCUT2D eigenvalue weighted by atomic mass is 32.2. The Bertz CT molecular complexity index is 696. The van der Waals surface area contributed by atoms with Gasteiger partial charge in [0.1, 0.15) is 5.82 Å². The van der Waals surface area contributed by atoms with Crippen LogP contribution >= 0.6 is 11.8 Å². The molecule has 132 valence electrons. The standard InChI is InChI=1S/C19H29N3OS/c1-13(2)24-17-10-15-16(11-20-17)22(18(21-15)19(3,4)5)12-14-6-8-23-9-7-14/h10-11,13-14H,6-9,12H2,1-5H3. The van der Waals surface area contributed by atoms with Crippen LogP contribution in [-0.4, -0.2) is 33.0 Å². The lowest BCUT2D eigenvalue weighted by molar-refractivity contribution is 0.0611. The van der Waals surface area contributed by atoms with E-state index in [4.69, 9.17) is 9.72 Å². The monoisotopic (exact) mass is 347 g/mol. The van der Waals surface area contributed by atoms with Gasteiger partial charge < -0.3 is 9.30 Å². The van der Waals surface area contributed by atoms with Crippen molar-refractivity contribution in [3.05, 3.63) is 18.1 Å². The first-order valence-corrected chi connectivity index (χ1v) is 9.83. The lowest BCUT2D eigenvalue weighted by Crippen LogP contribution is -2.25. The number of aromatic nitrogens is 3. The van der Waals surface area contributed by atoms with Gasteiger partial charge in [0.15, 0.2) is 0 Å². The summed E-state index contributed by atoms with van der Waals surface area (Å²) in [6, 6.07) is 2.15. The van der Waals surface area contributed by atoms with Crippen molar-refractivity contribution in [2.75, 3.05) is 13.2 Å². The van der Waals surface area contributed by atoms with Gasteiger partial charge in [-0.3, -0.25) is 0 Å². The summed E-state index contributed by atoms with van der Waals surface area (Å²) in [6.45, 7) is 13.9. The van der Waals surface area contributed by atoms with Crippen LogP contribution in [0.15, 0.2) is 17.3 Å². The zero-order valence-electron chi connectivity index (χ0n) is 15.5. The van der Waals surface area contributed by atoms with E-state index in [0.29, 0.717) is 11.2 Å². The van der Waals surface area contributed by atoms with E-state index < -0.39 is 0 Å². The SMILES string of the molecule is CC(C)Sc1cc2nc(C(C)(C)C)n(CC3CCOCC3)c2cn1. The Kier molecular flexibility index (Phi) is 5.21. The van der Waals surface area contributed by atoms with E-state index in [1.54, 1.807) is 11.8 Å².